The molecule has 0 saturated carbocycles. The molecule has 1 heterocycles. The van der Waals surface area contributed by atoms with Crippen LogP contribution in [0, 0.1) is 0 Å². The van der Waals surface area contributed by atoms with Crippen LogP contribution >= 0.6 is 24.0 Å². The normalized spacial score (nSPS) is 11.3. The Morgan fingerprint density at radius 2 is 1.87 bits per heavy atom. The SMILES string of the molecule is CNCCn1ccc2c(NC(=O)Cc3ccc(Cl)c(C(F)(F)F)c3)cccc2c1=O.Cl. The fourth-order valence-electron chi connectivity index (χ4n) is 3.11. The topological polar surface area (TPSA) is 63.1 Å². The minimum absolute atomic E-state index is 0. The molecule has 0 radical (unpaired) electrons. The molecular formula is C21H20Cl2F3N3O2. The number of nitrogens with zero attached hydrogens (tertiary/aromatic N) is 1. The first kappa shape index (κ1) is 24.7. The van der Waals surface area contributed by atoms with E-state index >= 15 is 0 Å². The molecule has 10 heteroatoms. The number of fused-ring (bicyclic) bond motifs is 1. The molecule has 3 rings (SSSR count). The summed E-state index contributed by atoms with van der Waals surface area (Å²) in [6.07, 6.45) is -3.23. The van der Waals surface area contributed by atoms with Crippen molar-refractivity contribution in [2.75, 3.05) is 18.9 Å². The summed E-state index contributed by atoms with van der Waals surface area (Å²) in [4.78, 5) is 25.1. The summed E-state index contributed by atoms with van der Waals surface area (Å²) in [6.45, 7) is 1.13. The summed E-state index contributed by atoms with van der Waals surface area (Å²) < 4.78 is 40.6. The van der Waals surface area contributed by atoms with E-state index in [0.29, 0.717) is 29.5 Å². The van der Waals surface area contributed by atoms with Crippen molar-refractivity contribution in [1.29, 1.82) is 0 Å². The van der Waals surface area contributed by atoms with Gasteiger partial charge in [-0.1, -0.05) is 23.7 Å². The second kappa shape index (κ2) is 10.2. The fourth-order valence-corrected chi connectivity index (χ4v) is 3.34. The zero-order valence-corrected chi connectivity index (χ0v) is 18.0. The smallest absolute Gasteiger partial charge is 0.325 e. The summed E-state index contributed by atoms with van der Waals surface area (Å²) in [6, 6.07) is 10.0. The number of carbonyl (C=O) groups is 1. The van der Waals surface area contributed by atoms with Crippen LogP contribution < -0.4 is 16.2 Å². The van der Waals surface area contributed by atoms with E-state index in [1.807, 2.05) is 0 Å². The molecule has 0 atom stereocenters. The van der Waals surface area contributed by atoms with E-state index in [1.165, 1.54) is 6.07 Å². The van der Waals surface area contributed by atoms with Crippen LogP contribution in [0.25, 0.3) is 10.8 Å². The van der Waals surface area contributed by atoms with Crippen molar-refractivity contribution >= 4 is 46.4 Å². The molecular weight excluding hydrogens is 454 g/mol. The van der Waals surface area contributed by atoms with Gasteiger partial charge in [-0.3, -0.25) is 9.59 Å². The van der Waals surface area contributed by atoms with Crippen LogP contribution in [-0.4, -0.2) is 24.1 Å². The molecule has 3 aromatic rings. The minimum atomic E-state index is -4.60. The lowest BCUT2D eigenvalue weighted by atomic mass is 10.1. The molecule has 0 saturated heterocycles. The van der Waals surface area contributed by atoms with Crippen molar-refractivity contribution in [3.05, 3.63) is 75.2 Å². The van der Waals surface area contributed by atoms with Gasteiger partial charge in [-0.05, 0) is 42.9 Å². The molecule has 166 valence electrons. The van der Waals surface area contributed by atoms with Crippen molar-refractivity contribution in [2.45, 2.75) is 19.1 Å². The van der Waals surface area contributed by atoms with E-state index in [4.69, 9.17) is 11.6 Å². The molecule has 0 aliphatic heterocycles. The number of pyridine rings is 1. The molecule has 0 bridgehead atoms. The van der Waals surface area contributed by atoms with Crippen LogP contribution in [0.2, 0.25) is 5.02 Å². The van der Waals surface area contributed by atoms with Gasteiger partial charge in [0.2, 0.25) is 5.91 Å². The van der Waals surface area contributed by atoms with Gasteiger partial charge in [0.1, 0.15) is 0 Å². The first-order valence-corrected chi connectivity index (χ1v) is 9.50. The Balaban J connectivity index is 0.00000341. The number of nitrogens with one attached hydrogen (secondary N) is 2. The van der Waals surface area contributed by atoms with Gasteiger partial charge in [-0.15, -0.1) is 12.4 Å². The fraction of sp³-hybridized carbons (Fsp3) is 0.238. The summed E-state index contributed by atoms with van der Waals surface area (Å²) >= 11 is 5.62. The average molecular weight is 474 g/mol. The summed E-state index contributed by atoms with van der Waals surface area (Å²) in [7, 11) is 1.79. The van der Waals surface area contributed by atoms with Crippen molar-refractivity contribution in [3.63, 3.8) is 0 Å². The van der Waals surface area contributed by atoms with Gasteiger partial charge in [0.15, 0.2) is 0 Å². The lowest BCUT2D eigenvalue weighted by Crippen LogP contribution is -2.25. The van der Waals surface area contributed by atoms with Gasteiger partial charge < -0.3 is 15.2 Å². The average Bonchev–Trinajstić information content (AvgIpc) is 2.68. The maximum absolute atomic E-state index is 13.0. The van der Waals surface area contributed by atoms with Gasteiger partial charge >= 0.3 is 6.18 Å². The highest BCUT2D eigenvalue weighted by molar-refractivity contribution is 6.31. The lowest BCUT2D eigenvalue weighted by Gasteiger charge is -2.13. The summed E-state index contributed by atoms with van der Waals surface area (Å²) in [5.74, 6) is -0.502. The van der Waals surface area contributed by atoms with Gasteiger partial charge in [0, 0.05) is 35.7 Å². The van der Waals surface area contributed by atoms with Crippen molar-refractivity contribution in [3.8, 4) is 0 Å². The molecule has 2 aromatic carbocycles. The number of likely N-dealkylation sites (N-methyl/N-ethyl adjacent to an activating group) is 1. The standard InChI is InChI=1S/C21H19ClF3N3O2.ClH/c1-26-8-10-28-9-7-14-15(20(28)30)3-2-4-18(14)27-19(29)12-13-5-6-17(22)16(11-13)21(23,24)25;/h2-7,9,11,26H,8,10,12H2,1H3,(H,27,29);1H. The first-order valence-electron chi connectivity index (χ1n) is 9.13. The molecule has 0 aliphatic rings. The van der Waals surface area contributed by atoms with Crippen molar-refractivity contribution < 1.29 is 18.0 Å². The third kappa shape index (κ3) is 5.78. The largest absolute Gasteiger partial charge is 0.417 e. The second-order valence-corrected chi connectivity index (χ2v) is 7.13. The number of aromatic nitrogens is 1. The molecule has 0 fully saturated rings. The number of benzene rings is 2. The molecule has 1 aromatic heterocycles. The third-order valence-corrected chi connectivity index (χ3v) is 4.93. The number of halogens is 5. The van der Waals surface area contributed by atoms with Crippen LogP contribution in [0.4, 0.5) is 18.9 Å². The Kier molecular flexibility index (Phi) is 8.11. The zero-order valence-electron chi connectivity index (χ0n) is 16.4. The quantitative estimate of drug-likeness (QED) is 0.554. The number of amides is 1. The number of rotatable bonds is 6. The maximum atomic E-state index is 13.0. The maximum Gasteiger partial charge on any atom is 0.417 e. The van der Waals surface area contributed by atoms with Gasteiger partial charge in [-0.2, -0.15) is 13.2 Å². The minimum Gasteiger partial charge on any atom is -0.325 e. The molecule has 0 aliphatic carbocycles. The van der Waals surface area contributed by atoms with Crippen LogP contribution in [0.5, 0.6) is 0 Å². The van der Waals surface area contributed by atoms with Crippen molar-refractivity contribution in [1.82, 2.24) is 9.88 Å². The Morgan fingerprint density at radius 3 is 2.55 bits per heavy atom. The monoisotopic (exact) mass is 473 g/mol. The van der Waals surface area contributed by atoms with Crippen LogP contribution in [0.3, 0.4) is 0 Å². The summed E-state index contributed by atoms with van der Waals surface area (Å²) in [5, 5.41) is 6.24. The highest BCUT2D eigenvalue weighted by Gasteiger charge is 2.33. The highest BCUT2D eigenvalue weighted by Crippen LogP contribution is 2.35. The molecule has 0 spiro atoms. The molecule has 5 nitrogen and oxygen atoms in total. The molecule has 2 N–H and O–H groups in total. The number of hydrogen-bond donors (Lipinski definition) is 2. The van der Waals surface area contributed by atoms with E-state index in [9.17, 15) is 22.8 Å². The predicted octanol–water partition coefficient (Wildman–Crippen LogP) is 4.50. The second-order valence-electron chi connectivity index (χ2n) is 6.72. The number of anilines is 1. The Labute approximate surface area is 187 Å². The van der Waals surface area contributed by atoms with E-state index in [-0.39, 0.29) is 30.0 Å². The van der Waals surface area contributed by atoms with E-state index in [1.54, 1.807) is 42.1 Å². The lowest BCUT2D eigenvalue weighted by molar-refractivity contribution is -0.137. The van der Waals surface area contributed by atoms with Crippen molar-refractivity contribution in [2.24, 2.45) is 0 Å². The third-order valence-electron chi connectivity index (χ3n) is 4.60. The van der Waals surface area contributed by atoms with Crippen LogP contribution in [-0.2, 0) is 23.9 Å². The van der Waals surface area contributed by atoms with Gasteiger partial charge in [0.25, 0.3) is 5.56 Å². The molecule has 31 heavy (non-hydrogen) atoms. The molecule has 0 unspecified atom stereocenters. The summed E-state index contributed by atoms with van der Waals surface area (Å²) in [5.41, 5.74) is -0.577. The van der Waals surface area contributed by atoms with Crippen LogP contribution in [0.15, 0.2) is 53.5 Å². The number of hydrogen-bond acceptors (Lipinski definition) is 3. The van der Waals surface area contributed by atoms with E-state index in [2.05, 4.69) is 10.6 Å². The van der Waals surface area contributed by atoms with Gasteiger partial charge in [-0.25, -0.2) is 0 Å². The Morgan fingerprint density at radius 1 is 1.13 bits per heavy atom. The number of alkyl halides is 3. The number of carbonyl (C=O) groups excluding carboxylic acids is 1. The first-order chi connectivity index (χ1) is 14.2. The Bertz CT molecular complexity index is 1150. The Hall–Kier alpha value is -2.55. The van der Waals surface area contributed by atoms with E-state index < -0.39 is 22.7 Å². The molecule has 1 amide bonds. The zero-order chi connectivity index (χ0) is 21.9. The van der Waals surface area contributed by atoms with Crippen LogP contribution in [0.1, 0.15) is 11.1 Å². The van der Waals surface area contributed by atoms with Gasteiger partial charge in [0.05, 0.1) is 17.0 Å². The highest BCUT2D eigenvalue weighted by atomic mass is 35.5. The predicted molar refractivity (Wildman–Crippen MR) is 118 cm³/mol. The van der Waals surface area contributed by atoms with E-state index in [0.717, 1.165) is 12.1 Å².